The third-order valence-electron chi connectivity index (χ3n) is 3.81. The average Bonchev–Trinajstić information content (AvgIpc) is 2.90. The summed E-state index contributed by atoms with van der Waals surface area (Å²) in [4.78, 5) is 2.44. The molecule has 0 spiro atoms. The molecule has 1 unspecified atom stereocenters. The van der Waals surface area contributed by atoms with Gasteiger partial charge < -0.3 is 10.1 Å². The molecule has 1 fully saturated rings. The van der Waals surface area contributed by atoms with Gasteiger partial charge in [-0.25, -0.2) is 0 Å². The Bertz CT molecular complexity index is 361. The zero-order valence-corrected chi connectivity index (χ0v) is 10.9. The van der Waals surface area contributed by atoms with Crippen LogP contribution in [-0.4, -0.2) is 38.2 Å². The van der Waals surface area contributed by atoms with Crippen molar-refractivity contribution in [3.05, 3.63) is 29.8 Å². The predicted octanol–water partition coefficient (Wildman–Crippen LogP) is 2.05. The van der Waals surface area contributed by atoms with Crippen molar-refractivity contribution in [2.75, 3.05) is 27.2 Å². The van der Waals surface area contributed by atoms with E-state index in [1.807, 2.05) is 12.1 Å². The van der Waals surface area contributed by atoms with Crippen molar-refractivity contribution in [3.8, 4) is 5.75 Å². The smallest absolute Gasteiger partial charge is 0.123 e. The van der Waals surface area contributed by atoms with E-state index >= 15 is 0 Å². The lowest BCUT2D eigenvalue weighted by molar-refractivity contribution is 0.193. The predicted molar refractivity (Wildman–Crippen MR) is 70.4 cm³/mol. The van der Waals surface area contributed by atoms with E-state index < -0.39 is 0 Å². The van der Waals surface area contributed by atoms with E-state index in [0.29, 0.717) is 12.1 Å². The summed E-state index contributed by atoms with van der Waals surface area (Å²) >= 11 is 0. The van der Waals surface area contributed by atoms with E-state index in [0.717, 1.165) is 18.8 Å². The van der Waals surface area contributed by atoms with Gasteiger partial charge in [-0.05, 0) is 33.0 Å². The number of benzene rings is 1. The van der Waals surface area contributed by atoms with Gasteiger partial charge in [-0.1, -0.05) is 18.2 Å². The molecular formula is C14H22N2O. The van der Waals surface area contributed by atoms with Crippen LogP contribution in [0.3, 0.4) is 0 Å². The maximum absolute atomic E-state index is 5.44. The number of hydrogen-bond acceptors (Lipinski definition) is 3. The van der Waals surface area contributed by atoms with E-state index in [9.17, 15) is 0 Å². The number of hydrogen-bond donors (Lipinski definition) is 1. The minimum Gasteiger partial charge on any atom is -0.496 e. The molecule has 0 aliphatic carbocycles. The second-order valence-corrected chi connectivity index (χ2v) is 4.73. The van der Waals surface area contributed by atoms with Crippen LogP contribution in [0.2, 0.25) is 0 Å². The maximum Gasteiger partial charge on any atom is 0.123 e. The van der Waals surface area contributed by atoms with Gasteiger partial charge in [0.2, 0.25) is 0 Å². The fourth-order valence-electron chi connectivity index (χ4n) is 2.53. The Morgan fingerprint density at radius 2 is 2.18 bits per heavy atom. The van der Waals surface area contributed by atoms with Crippen molar-refractivity contribution in [3.63, 3.8) is 0 Å². The number of likely N-dealkylation sites (N-methyl/N-ethyl adjacent to an activating group) is 1. The molecule has 0 bridgehead atoms. The van der Waals surface area contributed by atoms with Crippen molar-refractivity contribution in [1.29, 1.82) is 0 Å². The van der Waals surface area contributed by atoms with Crippen LogP contribution in [0.15, 0.2) is 24.3 Å². The monoisotopic (exact) mass is 234 g/mol. The molecule has 94 valence electrons. The van der Waals surface area contributed by atoms with Gasteiger partial charge in [0.15, 0.2) is 0 Å². The Balaban J connectivity index is 2.14. The van der Waals surface area contributed by atoms with Crippen LogP contribution in [0.25, 0.3) is 0 Å². The molecule has 1 heterocycles. The largest absolute Gasteiger partial charge is 0.496 e. The van der Waals surface area contributed by atoms with Gasteiger partial charge in [0.1, 0.15) is 5.75 Å². The molecule has 1 aliphatic rings. The summed E-state index contributed by atoms with van der Waals surface area (Å²) in [5.74, 6) is 0.984. The van der Waals surface area contributed by atoms with Gasteiger partial charge >= 0.3 is 0 Å². The first kappa shape index (κ1) is 12.4. The zero-order chi connectivity index (χ0) is 12.3. The Hall–Kier alpha value is -1.06. The van der Waals surface area contributed by atoms with Gasteiger partial charge in [-0.15, -0.1) is 0 Å². The third-order valence-corrected chi connectivity index (χ3v) is 3.81. The van der Waals surface area contributed by atoms with Crippen LogP contribution in [0.4, 0.5) is 0 Å². The molecule has 0 saturated carbocycles. The average molecular weight is 234 g/mol. The fraction of sp³-hybridized carbons (Fsp3) is 0.571. The standard InChI is InChI=1S/C14H22N2O/c1-11(16(2)12-8-9-15-10-12)13-6-4-5-7-14(13)17-3/h4-7,11-12,15H,8-10H2,1-3H3/t11?,12-/m1/s1. The molecule has 0 amide bonds. The number of methoxy groups -OCH3 is 1. The third kappa shape index (κ3) is 2.61. The van der Waals surface area contributed by atoms with Gasteiger partial charge in [0, 0.05) is 24.2 Å². The first-order valence-corrected chi connectivity index (χ1v) is 6.29. The summed E-state index contributed by atoms with van der Waals surface area (Å²) < 4.78 is 5.44. The highest BCUT2D eigenvalue weighted by Crippen LogP contribution is 2.29. The molecular weight excluding hydrogens is 212 g/mol. The molecule has 2 atom stereocenters. The van der Waals surface area contributed by atoms with Crippen molar-refractivity contribution in [1.82, 2.24) is 10.2 Å². The van der Waals surface area contributed by atoms with Gasteiger partial charge in [-0.2, -0.15) is 0 Å². The first-order valence-electron chi connectivity index (χ1n) is 6.29. The molecule has 0 aromatic heterocycles. The SMILES string of the molecule is COc1ccccc1C(C)N(C)[C@@H]1CCNC1. The maximum atomic E-state index is 5.44. The Morgan fingerprint density at radius 1 is 1.41 bits per heavy atom. The Labute approximate surface area is 104 Å². The molecule has 1 N–H and O–H groups in total. The summed E-state index contributed by atoms with van der Waals surface area (Å²) in [5, 5.41) is 3.42. The van der Waals surface area contributed by atoms with E-state index in [2.05, 4.69) is 36.3 Å². The van der Waals surface area contributed by atoms with Gasteiger partial charge in [0.25, 0.3) is 0 Å². The molecule has 1 saturated heterocycles. The summed E-state index contributed by atoms with van der Waals surface area (Å²) in [6.45, 7) is 4.47. The Morgan fingerprint density at radius 3 is 2.82 bits per heavy atom. The number of nitrogens with one attached hydrogen (secondary N) is 1. The molecule has 1 aromatic rings. The van der Waals surface area contributed by atoms with Crippen molar-refractivity contribution in [2.24, 2.45) is 0 Å². The molecule has 0 radical (unpaired) electrons. The van der Waals surface area contributed by atoms with Crippen molar-refractivity contribution < 1.29 is 4.74 Å². The first-order chi connectivity index (χ1) is 8.24. The minimum atomic E-state index is 0.385. The highest BCUT2D eigenvalue weighted by molar-refractivity contribution is 5.35. The number of rotatable bonds is 4. The summed E-state index contributed by atoms with van der Waals surface area (Å²) in [6.07, 6.45) is 1.23. The molecule has 17 heavy (non-hydrogen) atoms. The zero-order valence-electron chi connectivity index (χ0n) is 10.9. The summed E-state index contributed by atoms with van der Waals surface area (Å²) in [5.41, 5.74) is 1.27. The lowest BCUT2D eigenvalue weighted by Crippen LogP contribution is -2.35. The molecule has 1 aromatic carbocycles. The van der Waals surface area contributed by atoms with Crippen LogP contribution < -0.4 is 10.1 Å². The molecule has 2 rings (SSSR count). The summed E-state index contributed by atoms with van der Waals surface area (Å²) in [6, 6.07) is 9.31. The molecule has 1 aliphatic heterocycles. The van der Waals surface area contributed by atoms with Gasteiger partial charge in [-0.3, -0.25) is 4.90 Å². The van der Waals surface area contributed by atoms with Gasteiger partial charge in [0.05, 0.1) is 7.11 Å². The quantitative estimate of drug-likeness (QED) is 0.863. The van der Waals surface area contributed by atoms with Crippen molar-refractivity contribution >= 4 is 0 Å². The topological polar surface area (TPSA) is 24.5 Å². The number of ether oxygens (including phenoxy) is 1. The molecule has 3 heteroatoms. The summed E-state index contributed by atoms with van der Waals surface area (Å²) in [7, 11) is 3.94. The highest BCUT2D eigenvalue weighted by Gasteiger charge is 2.25. The van der Waals surface area contributed by atoms with E-state index in [-0.39, 0.29) is 0 Å². The van der Waals surface area contributed by atoms with E-state index in [1.54, 1.807) is 7.11 Å². The Kier molecular flexibility index (Phi) is 4.02. The number of nitrogens with zero attached hydrogens (tertiary/aromatic N) is 1. The van der Waals surface area contributed by atoms with Crippen LogP contribution in [0.1, 0.15) is 24.9 Å². The van der Waals surface area contributed by atoms with Crippen LogP contribution in [0, 0.1) is 0 Å². The van der Waals surface area contributed by atoms with Crippen LogP contribution in [0.5, 0.6) is 5.75 Å². The number of para-hydroxylation sites is 1. The second-order valence-electron chi connectivity index (χ2n) is 4.73. The van der Waals surface area contributed by atoms with Crippen LogP contribution >= 0.6 is 0 Å². The fourth-order valence-corrected chi connectivity index (χ4v) is 2.53. The second kappa shape index (κ2) is 5.52. The normalized spacial score (nSPS) is 21.8. The molecule has 3 nitrogen and oxygen atoms in total. The lowest BCUT2D eigenvalue weighted by atomic mass is 10.0. The van der Waals surface area contributed by atoms with E-state index in [4.69, 9.17) is 4.74 Å². The van der Waals surface area contributed by atoms with Crippen LogP contribution in [-0.2, 0) is 0 Å². The lowest BCUT2D eigenvalue weighted by Gasteiger charge is -2.31. The highest BCUT2D eigenvalue weighted by atomic mass is 16.5. The van der Waals surface area contributed by atoms with E-state index in [1.165, 1.54) is 12.0 Å². The minimum absolute atomic E-state index is 0.385. The van der Waals surface area contributed by atoms with Crippen molar-refractivity contribution in [2.45, 2.75) is 25.4 Å².